The van der Waals surface area contributed by atoms with Crippen molar-refractivity contribution in [3.63, 3.8) is 0 Å². The van der Waals surface area contributed by atoms with Crippen LogP contribution in [0.2, 0.25) is 0 Å². The third-order valence-corrected chi connectivity index (χ3v) is 4.29. The summed E-state index contributed by atoms with van der Waals surface area (Å²) in [4.78, 5) is 4.57. The second-order valence-electron chi connectivity index (χ2n) is 5.30. The molecule has 0 amide bonds. The van der Waals surface area contributed by atoms with Gasteiger partial charge in [-0.15, -0.1) is 0 Å². The molecule has 0 aliphatic heterocycles. The Morgan fingerprint density at radius 2 is 1.82 bits per heavy atom. The molecule has 2 unspecified atom stereocenters. The minimum absolute atomic E-state index is 0.599. The van der Waals surface area contributed by atoms with Gasteiger partial charge in [0.15, 0.2) is 0 Å². The van der Waals surface area contributed by atoms with Gasteiger partial charge in [0.05, 0.1) is 0 Å². The zero-order valence-electron chi connectivity index (χ0n) is 9.76. The molecule has 0 N–H and O–H groups in total. The quantitative estimate of drug-likeness (QED) is 0.665. The van der Waals surface area contributed by atoms with Crippen LogP contribution in [0.1, 0.15) is 34.7 Å². The molecule has 2 bridgehead atoms. The lowest BCUT2D eigenvalue weighted by molar-refractivity contribution is 0.394. The number of hydrogen-bond acceptors (Lipinski definition) is 1. The van der Waals surface area contributed by atoms with Crippen molar-refractivity contribution in [1.82, 2.24) is 4.98 Å². The minimum Gasteiger partial charge on any atom is -0.261 e. The van der Waals surface area contributed by atoms with Crippen LogP contribution < -0.4 is 0 Å². The summed E-state index contributed by atoms with van der Waals surface area (Å²) in [6.45, 7) is 0. The zero-order chi connectivity index (χ0) is 11.2. The van der Waals surface area contributed by atoms with Gasteiger partial charge in [0, 0.05) is 17.8 Å². The van der Waals surface area contributed by atoms with Gasteiger partial charge < -0.3 is 0 Å². The number of hydrogen-bond donors (Lipinski definition) is 0. The van der Waals surface area contributed by atoms with Gasteiger partial charge in [0.1, 0.15) is 0 Å². The number of rotatable bonds is 0. The van der Waals surface area contributed by atoms with Gasteiger partial charge in [0.25, 0.3) is 0 Å². The van der Waals surface area contributed by atoms with Crippen LogP contribution in [-0.2, 0) is 12.8 Å². The highest BCUT2D eigenvalue weighted by molar-refractivity contribution is 5.44. The van der Waals surface area contributed by atoms with Gasteiger partial charge in [-0.25, -0.2) is 0 Å². The highest BCUT2D eigenvalue weighted by Crippen LogP contribution is 2.44. The molecule has 17 heavy (non-hydrogen) atoms. The first kappa shape index (κ1) is 9.41. The molecule has 2 aliphatic rings. The highest BCUT2D eigenvalue weighted by Gasteiger charge is 2.33. The van der Waals surface area contributed by atoms with Crippen LogP contribution in [0.25, 0.3) is 0 Å². The number of aromatic nitrogens is 1. The fourth-order valence-corrected chi connectivity index (χ4v) is 3.58. The van der Waals surface area contributed by atoms with Gasteiger partial charge in [-0.2, -0.15) is 0 Å². The Hall–Kier alpha value is -1.63. The molecule has 84 valence electrons. The van der Waals surface area contributed by atoms with Gasteiger partial charge in [-0.3, -0.25) is 4.98 Å². The monoisotopic (exact) mass is 221 g/mol. The van der Waals surface area contributed by atoms with E-state index in [0.717, 1.165) is 5.92 Å². The molecule has 0 radical (unpaired) electrons. The minimum atomic E-state index is 0.599. The predicted octanol–water partition coefficient (Wildman–Crippen LogP) is 3.33. The summed E-state index contributed by atoms with van der Waals surface area (Å²) in [5, 5.41) is 0. The number of benzene rings is 1. The SMILES string of the molecule is c1ccc2c(c1)CC1Cc3ncccc3C2C1. The molecule has 0 fully saturated rings. The Bertz CT molecular complexity index is 524. The van der Waals surface area contributed by atoms with Gasteiger partial charge >= 0.3 is 0 Å². The largest absolute Gasteiger partial charge is 0.261 e. The normalized spacial score (nSPS) is 24.9. The third-order valence-electron chi connectivity index (χ3n) is 4.29. The van der Waals surface area contributed by atoms with E-state index in [1.54, 1.807) is 5.56 Å². The van der Waals surface area contributed by atoms with Crippen molar-refractivity contribution in [2.75, 3.05) is 0 Å². The van der Waals surface area contributed by atoms with E-state index in [-0.39, 0.29) is 0 Å². The molecule has 0 saturated heterocycles. The molecule has 0 spiro atoms. The van der Waals surface area contributed by atoms with Gasteiger partial charge in [-0.05, 0) is 47.9 Å². The third kappa shape index (κ3) is 1.35. The van der Waals surface area contributed by atoms with Crippen molar-refractivity contribution >= 4 is 0 Å². The van der Waals surface area contributed by atoms with E-state index in [2.05, 4.69) is 41.4 Å². The number of nitrogens with zero attached hydrogens (tertiary/aromatic N) is 1. The molecule has 1 aromatic heterocycles. The molecule has 1 aromatic carbocycles. The average molecular weight is 221 g/mol. The number of fused-ring (bicyclic) bond motifs is 6. The van der Waals surface area contributed by atoms with Crippen LogP contribution in [0.5, 0.6) is 0 Å². The van der Waals surface area contributed by atoms with E-state index < -0.39 is 0 Å². The lowest BCUT2D eigenvalue weighted by Gasteiger charge is -2.37. The first-order valence-electron chi connectivity index (χ1n) is 6.43. The second kappa shape index (κ2) is 3.43. The van der Waals surface area contributed by atoms with E-state index in [9.17, 15) is 0 Å². The molecule has 0 saturated carbocycles. The Morgan fingerprint density at radius 3 is 2.82 bits per heavy atom. The maximum Gasteiger partial charge on any atom is 0.0444 e. The highest BCUT2D eigenvalue weighted by atomic mass is 14.7. The maximum absolute atomic E-state index is 4.57. The lowest BCUT2D eigenvalue weighted by Crippen LogP contribution is -2.27. The van der Waals surface area contributed by atoms with Crippen LogP contribution in [0.3, 0.4) is 0 Å². The molecule has 2 atom stereocenters. The van der Waals surface area contributed by atoms with Crippen molar-refractivity contribution in [2.45, 2.75) is 25.2 Å². The number of pyridine rings is 1. The lowest BCUT2D eigenvalue weighted by atomic mass is 9.68. The van der Waals surface area contributed by atoms with Gasteiger partial charge in [-0.1, -0.05) is 30.3 Å². The Balaban J connectivity index is 1.94. The van der Waals surface area contributed by atoms with Crippen LogP contribution in [0.4, 0.5) is 0 Å². The molecular weight excluding hydrogens is 206 g/mol. The fraction of sp³-hybridized carbons (Fsp3) is 0.312. The van der Waals surface area contributed by atoms with Crippen molar-refractivity contribution in [3.05, 3.63) is 65.0 Å². The molecule has 1 heteroatoms. The summed E-state index contributed by atoms with van der Waals surface area (Å²) in [7, 11) is 0. The second-order valence-corrected chi connectivity index (χ2v) is 5.30. The topological polar surface area (TPSA) is 12.9 Å². The summed E-state index contributed by atoms with van der Waals surface area (Å²) in [6.07, 6.45) is 5.66. The summed E-state index contributed by atoms with van der Waals surface area (Å²) in [5.41, 5.74) is 5.90. The van der Waals surface area contributed by atoms with E-state index >= 15 is 0 Å². The van der Waals surface area contributed by atoms with E-state index in [1.165, 1.54) is 36.1 Å². The zero-order valence-corrected chi connectivity index (χ0v) is 9.76. The molecule has 2 aliphatic carbocycles. The van der Waals surface area contributed by atoms with Crippen LogP contribution >= 0.6 is 0 Å². The standard InChI is InChI=1S/C16H15N/c1-2-5-13-12(4-1)8-11-9-15(13)14-6-3-7-17-16(14)10-11/h1-7,11,15H,8-10H2. The summed E-state index contributed by atoms with van der Waals surface area (Å²) < 4.78 is 0. The summed E-state index contributed by atoms with van der Waals surface area (Å²) in [5.74, 6) is 1.40. The first-order chi connectivity index (χ1) is 8.42. The van der Waals surface area contributed by atoms with Crippen LogP contribution in [0.15, 0.2) is 42.6 Å². The molecular formula is C16H15N. The van der Waals surface area contributed by atoms with Crippen molar-refractivity contribution < 1.29 is 0 Å². The smallest absolute Gasteiger partial charge is 0.0444 e. The van der Waals surface area contributed by atoms with Crippen LogP contribution in [0, 0.1) is 5.92 Å². The Morgan fingerprint density at radius 1 is 0.941 bits per heavy atom. The van der Waals surface area contributed by atoms with E-state index in [1.807, 2.05) is 6.20 Å². The van der Waals surface area contributed by atoms with Crippen molar-refractivity contribution in [3.8, 4) is 0 Å². The predicted molar refractivity (Wildman–Crippen MR) is 68.0 cm³/mol. The van der Waals surface area contributed by atoms with E-state index in [4.69, 9.17) is 0 Å². The molecule has 1 heterocycles. The molecule has 4 rings (SSSR count). The average Bonchev–Trinajstić information content (AvgIpc) is 2.39. The first-order valence-corrected chi connectivity index (χ1v) is 6.43. The van der Waals surface area contributed by atoms with Crippen molar-refractivity contribution in [2.24, 2.45) is 5.92 Å². The molecule has 2 aromatic rings. The van der Waals surface area contributed by atoms with Gasteiger partial charge in [0.2, 0.25) is 0 Å². The Labute approximate surface area is 102 Å². The summed E-state index contributed by atoms with van der Waals surface area (Å²) >= 11 is 0. The van der Waals surface area contributed by atoms with E-state index in [0.29, 0.717) is 5.92 Å². The molecule has 1 nitrogen and oxygen atoms in total. The van der Waals surface area contributed by atoms with Crippen molar-refractivity contribution in [1.29, 1.82) is 0 Å². The van der Waals surface area contributed by atoms with Crippen LogP contribution in [-0.4, -0.2) is 4.98 Å². The Kier molecular flexibility index (Phi) is 1.90. The fourth-order valence-electron chi connectivity index (χ4n) is 3.58. The maximum atomic E-state index is 4.57. The summed E-state index contributed by atoms with van der Waals surface area (Å²) in [6, 6.07) is 13.3.